The topological polar surface area (TPSA) is 70.5 Å². The van der Waals surface area contributed by atoms with Crippen molar-refractivity contribution in [1.82, 2.24) is 9.88 Å². The van der Waals surface area contributed by atoms with Crippen LogP contribution in [-0.4, -0.2) is 40.0 Å². The average molecular weight is 338 g/mol. The number of aliphatic carboxylic acids is 1. The summed E-state index contributed by atoms with van der Waals surface area (Å²) in [6, 6.07) is 9.86. The summed E-state index contributed by atoms with van der Waals surface area (Å²) >= 11 is 0. The molecule has 5 heteroatoms. The van der Waals surface area contributed by atoms with Crippen LogP contribution in [-0.2, 0) is 4.79 Å². The fraction of sp³-hybridized carbons (Fsp3) is 0.350. The Morgan fingerprint density at radius 2 is 2.00 bits per heavy atom. The first-order valence-electron chi connectivity index (χ1n) is 8.44. The average Bonchev–Trinajstić information content (AvgIpc) is 2.61. The van der Waals surface area contributed by atoms with Crippen molar-refractivity contribution in [1.29, 1.82) is 0 Å². The molecule has 5 nitrogen and oxygen atoms in total. The monoisotopic (exact) mass is 338 g/mol. The number of aromatic nitrogens is 1. The fourth-order valence-corrected chi connectivity index (χ4v) is 3.31. The molecular formula is C20H22N2O3. The lowest BCUT2D eigenvalue weighted by molar-refractivity contribution is -0.150. The second-order valence-corrected chi connectivity index (χ2v) is 7.03. The SMILES string of the molecule is Cc1cccc(-c2cncc(C(=O)N3CCCC(C)(C(=O)O)C3)c2)c1. The van der Waals surface area contributed by atoms with Gasteiger partial charge in [-0.15, -0.1) is 0 Å². The number of rotatable bonds is 3. The number of amides is 1. The van der Waals surface area contributed by atoms with Gasteiger partial charge in [0, 0.05) is 31.0 Å². The van der Waals surface area contributed by atoms with Crippen molar-refractivity contribution in [2.75, 3.05) is 13.1 Å². The Bertz CT molecular complexity index is 818. The Balaban J connectivity index is 1.86. The number of carboxylic acid groups (broad SMARTS) is 1. The number of carbonyl (C=O) groups excluding carboxylic acids is 1. The number of hydrogen-bond acceptors (Lipinski definition) is 3. The highest BCUT2D eigenvalue weighted by Crippen LogP contribution is 2.31. The number of nitrogens with zero attached hydrogens (tertiary/aromatic N) is 2. The van der Waals surface area contributed by atoms with E-state index < -0.39 is 11.4 Å². The minimum absolute atomic E-state index is 0.158. The van der Waals surface area contributed by atoms with Crippen LogP contribution >= 0.6 is 0 Å². The van der Waals surface area contributed by atoms with E-state index in [1.165, 1.54) is 0 Å². The first-order chi connectivity index (χ1) is 11.9. The highest BCUT2D eigenvalue weighted by atomic mass is 16.4. The molecule has 1 unspecified atom stereocenters. The van der Waals surface area contributed by atoms with Crippen LogP contribution in [0.1, 0.15) is 35.7 Å². The second kappa shape index (κ2) is 6.67. The Hall–Kier alpha value is -2.69. The first kappa shape index (κ1) is 17.1. The number of piperidine rings is 1. The van der Waals surface area contributed by atoms with Gasteiger partial charge in [-0.05, 0) is 38.3 Å². The molecule has 1 saturated heterocycles. The summed E-state index contributed by atoms with van der Waals surface area (Å²) < 4.78 is 0. The molecule has 1 fully saturated rings. The van der Waals surface area contributed by atoms with Crippen molar-refractivity contribution in [3.8, 4) is 11.1 Å². The van der Waals surface area contributed by atoms with Gasteiger partial charge in [0.2, 0.25) is 0 Å². The Kier molecular flexibility index (Phi) is 4.57. The van der Waals surface area contributed by atoms with Gasteiger partial charge in [-0.3, -0.25) is 14.6 Å². The van der Waals surface area contributed by atoms with Crippen molar-refractivity contribution in [2.45, 2.75) is 26.7 Å². The molecule has 0 aliphatic carbocycles. The van der Waals surface area contributed by atoms with Gasteiger partial charge in [0.1, 0.15) is 0 Å². The smallest absolute Gasteiger partial charge is 0.311 e. The van der Waals surface area contributed by atoms with Crippen LogP contribution in [0.25, 0.3) is 11.1 Å². The summed E-state index contributed by atoms with van der Waals surface area (Å²) in [5, 5.41) is 9.44. The van der Waals surface area contributed by atoms with Gasteiger partial charge < -0.3 is 10.0 Å². The number of hydrogen-bond donors (Lipinski definition) is 1. The van der Waals surface area contributed by atoms with E-state index >= 15 is 0 Å². The first-order valence-corrected chi connectivity index (χ1v) is 8.44. The molecule has 0 radical (unpaired) electrons. The highest BCUT2D eigenvalue weighted by molar-refractivity contribution is 5.95. The molecule has 0 bridgehead atoms. The summed E-state index contributed by atoms with van der Waals surface area (Å²) in [5.74, 6) is -1.01. The summed E-state index contributed by atoms with van der Waals surface area (Å²) in [4.78, 5) is 30.2. The molecule has 1 aromatic carbocycles. The maximum Gasteiger partial charge on any atom is 0.311 e. The van der Waals surface area contributed by atoms with Crippen LogP contribution in [0, 0.1) is 12.3 Å². The minimum atomic E-state index is -0.879. The van der Waals surface area contributed by atoms with Crippen LogP contribution in [0.4, 0.5) is 0 Å². The normalized spacial score (nSPS) is 20.3. The molecule has 1 N–H and O–H groups in total. The summed E-state index contributed by atoms with van der Waals surface area (Å²) in [5.41, 5.74) is 2.65. The number of benzene rings is 1. The molecule has 1 aromatic heterocycles. The van der Waals surface area contributed by atoms with Gasteiger partial charge in [0.05, 0.1) is 11.0 Å². The Labute approximate surface area is 147 Å². The molecule has 0 spiro atoms. The van der Waals surface area contributed by atoms with Crippen LogP contribution in [0.15, 0.2) is 42.7 Å². The quantitative estimate of drug-likeness (QED) is 0.931. The van der Waals surface area contributed by atoms with E-state index in [1.54, 1.807) is 24.2 Å². The van der Waals surface area contributed by atoms with E-state index in [9.17, 15) is 14.7 Å². The molecule has 0 saturated carbocycles. The highest BCUT2D eigenvalue weighted by Gasteiger charge is 2.39. The third-order valence-corrected chi connectivity index (χ3v) is 4.84. The summed E-state index contributed by atoms with van der Waals surface area (Å²) in [7, 11) is 0. The van der Waals surface area contributed by atoms with Crippen molar-refractivity contribution in [2.24, 2.45) is 5.41 Å². The zero-order valence-corrected chi connectivity index (χ0v) is 14.5. The third-order valence-electron chi connectivity index (χ3n) is 4.84. The standard InChI is InChI=1S/C20H22N2O3/c1-14-5-3-6-15(9-14)16-10-17(12-21-11-16)18(23)22-8-4-7-20(2,13-22)19(24)25/h3,5-6,9-12H,4,7-8,13H2,1-2H3,(H,24,25). The van der Waals surface area contributed by atoms with Gasteiger partial charge in [-0.2, -0.15) is 0 Å². The molecule has 1 amide bonds. The molecule has 1 atom stereocenters. The van der Waals surface area contributed by atoms with Gasteiger partial charge in [-0.25, -0.2) is 0 Å². The molecular weight excluding hydrogens is 316 g/mol. The van der Waals surface area contributed by atoms with Gasteiger partial charge >= 0.3 is 5.97 Å². The second-order valence-electron chi connectivity index (χ2n) is 7.03. The predicted octanol–water partition coefficient (Wildman–Crippen LogP) is 3.38. The molecule has 1 aliphatic heterocycles. The molecule has 1 aliphatic rings. The molecule has 2 heterocycles. The molecule has 130 valence electrons. The van der Waals surface area contributed by atoms with Gasteiger partial charge in [0.15, 0.2) is 0 Å². The van der Waals surface area contributed by atoms with Crippen molar-refractivity contribution >= 4 is 11.9 Å². The molecule has 2 aromatic rings. The van der Waals surface area contributed by atoms with Crippen molar-refractivity contribution < 1.29 is 14.7 Å². The molecule has 3 rings (SSSR count). The van der Waals surface area contributed by atoms with E-state index in [0.717, 1.165) is 16.7 Å². The number of carbonyl (C=O) groups is 2. The summed E-state index contributed by atoms with van der Waals surface area (Å²) in [6.45, 7) is 4.54. The number of likely N-dealkylation sites (tertiary alicyclic amines) is 1. The van der Waals surface area contributed by atoms with Gasteiger partial charge in [-0.1, -0.05) is 29.8 Å². The zero-order valence-electron chi connectivity index (χ0n) is 14.5. The maximum absolute atomic E-state index is 12.9. The summed E-state index contributed by atoms with van der Waals surface area (Å²) in [6.07, 6.45) is 4.57. The minimum Gasteiger partial charge on any atom is -0.481 e. The van der Waals surface area contributed by atoms with E-state index in [-0.39, 0.29) is 12.5 Å². The zero-order chi connectivity index (χ0) is 18.0. The van der Waals surface area contributed by atoms with E-state index in [0.29, 0.717) is 24.9 Å². The van der Waals surface area contributed by atoms with Gasteiger partial charge in [0.25, 0.3) is 5.91 Å². The molecule has 25 heavy (non-hydrogen) atoms. The van der Waals surface area contributed by atoms with E-state index in [2.05, 4.69) is 4.98 Å². The Morgan fingerprint density at radius 1 is 1.20 bits per heavy atom. The largest absolute Gasteiger partial charge is 0.481 e. The van der Waals surface area contributed by atoms with E-state index in [4.69, 9.17) is 0 Å². The van der Waals surface area contributed by atoms with Crippen molar-refractivity contribution in [3.63, 3.8) is 0 Å². The predicted molar refractivity (Wildman–Crippen MR) is 95.3 cm³/mol. The van der Waals surface area contributed by atoms with Crippen molar-refractivity contribution in [3.05, 3.63) is 53.9 Å². The number of pyridine rings is 1. The lowest BCUT2D eigenvalue weighted by atomic mass is 9.82. The van der Waals surface area contributed by atoms with Crippen LogP contribution in [0.2, 0.25) is 0 Å². The van der Waals surface area contributed by atoms with Crippen LogP contribution in [0.5, 0.6) is 0 Å². The third kappa shape index (κ3) is 3.55. The van der Waals surface area contributed by atoms with Crippen LogP contribution < -0.4 is 0 Å². The van der Waals surface area contributed by atoms with Crippen LogP contribution in [0.3, 0.4) is 0 Å². The lowest BCUT2D eigenvalue weighted by Gasteiger charge is -2.37. The number of carboxylic acids is 1. The maximum atomic E-state index is 12.9. The lowest BCUT2D eigenvalue weighted by Crippen LogP contribution is -2.48. The van der Waals surface area contributed by atoms with E-state index in [1.807, 2.05) is 37.3 Å². The fourth-order valence-electron chi connectivity index (χ4n) is 3.31. The Morgan fingerprint density at radius 3 is 2.72 bits per heavy atom. The number of aryl methyl sites for hydroxylation is 1.